The lowest BCUT2D eigenvalue weighted by atomic mass is 9.86. The van der Waals surface area contributed by atoms with Crippen molar-refractivity contribution in [2.24, 2.45) is 0 Å². The standard InChI is InChI=1S/C15H19BrN4/c1-15(2,3)10-7-5-6-8-12(10)19-13-11(16)9-18-14(17-4)20-13/h5-9H,1-4H3,(H2,17,18,19,20). The van der Waals surface area contributed by atoms with Crippen molar-refractivity contribution in [3.8, 4) is 0 Å². The van der Waals surface area contributed by atoms with E-state index in [4.69, 9.17) is 0 Å². The van der Waals surface area contributed by atoms with Crippen molar-refractivity contribution in [1.29, 1.82) is 0 Å². The number of para-hydroxylation sites is 1. The average molecular weight is 335 g/mol. The Bertz CT molecular complexity index is 605. The van der Waals surface area contributed by atoms with E-state index in [9.17, 15) is 0 Å². The third-order valence-corrected chi connectivity index (χ3v) is 3.54. The summed E-state index contributed by atoms with van der Waals surface area (Å²) in [6.07, 6.45) is 1.74. The predicted octanol–water partition coefficient (Wildman–Crippen LogP) is 4.32. The van der Waals surface area contributed by atoms with Gasteiger partial charge in [-0.15, -0.1) is 0 Å². The molecule has 0 bridgehead atoms. The molecule has 0 aliphatic carbocycles. The summed E-state index contributed by atoms with van der Waals surface area (Å²) in [5.41, 5.74) is 2.37. The van der Waals surface area contributed by atoms with Crippen LogP contribution in [0.3, 0.4) is 0 Å². The molecule has 5 heteroatoms. The lowest BCUT2D eigenvalue weighted by molar-refractivity contribution is 0.592. The predicted molar refractivity (Wildman–Crippen MR) is 87.7 cm³/mol. The molecule has 2 N–H and O–H groups in total. The minimum absolute atomic E-state index is 0.0644. The van der Waals surface area contributed by atoms with Crippen LogP contribution in [0.4, 0.5) is 17.5 Å². The van der Waals surface area contributed by atoms with Crippen LogP contribution >= 0.6 is 15.9 Å². The molecule has 0 spiro atoms. The summed E-state index contributed by atoms with van der Waals surface area (Å²) in [4.78, 5) is 8.59. The van der Waals surface area contributed by atoms with Gasteiger partial charge in [-0.2, -0.15) is 4.98 Å². The Kier molecular flexibility index (Phi) is 4.28. The van der Waals surface area contributed by atoms with Crippen LogP contribution in [0.25, 0.3) is 0 Å². The zero-order chi connectivity index (χ0) is 14.8. The highest BCUT2D eigenvalue weighted by molar-refractivity contribution is 9.10. The van der Waals surface area contributed by atoms with Crippen LogP contribution in [0, 0.1) is 0 Å². The molecule has 1 heterocycles. The van der Waals surface area contributed by atoms with Gasteiger partial charge in [-0.25, -0.2) is 4.98 Å². The Morgan fingerprint density at radius 1 is 1.15 bits per heavy atom. The number of hydrogen-bond donors (Lipinski definition) is 2. The number of nitrogens with one attached hydrogen (secondary N) is 2. The van der Waals surface area contributed by atoms with E-state index in [0.717, 1.165) is 16.0 Å². The minimum Gasteiger partial charge on any atom is -0.357 e. The lowest BCUT2D eigenvalue weighted by Gasteiger charge is -2.23. The van der Waals surface area contributed by atoms with Crippen LogP contribution in [0.15, 0.2) is 34.9 Å². The van der Waals surface area contributed by atoms with E-state index in [2.05, 4.69) is 75.5 Å². The van der Waals surface area contributed by atoms with E-state index in [1.54, 1.807) is 13.2 Å². The summed E-state index contributed by atoms with van der Waals surface area (Å²) in [5, 5.41) is 6.33. The smallest absolute Gasteiger partial charge is 0.224 e. The van der Waals surface area contributed by atoms with Crippen molar-refractivity contribution in [3.05, 3.63) is 40.5 Å². The molecule has 20 heavy (non-hydrogen) atoms. The first-order chi connectivity index (χ1) is 9.41. The average Bonchev–Trinajstić information content (AvgIpc) is 2.41. The quantitative estimate of drug-likeness (QED) is 0.877. The van der Waals surface area contributed by atoms with E-state index >= 15 is 0 Å². The highest BCUT2D eigenvalue weighted by Gasteiger charge is 2.18. The zero-order valence-electron chi connectivity index (χ0n) is 12.2. The molecule has 106 valence electrons. The summed E-state index contributed by atoms with van der Waals surface area (Å²) in [7, 11) is 1.80. The maximum Gasteiger partial charge on any atom is 0.224 e. The largest absolute Gasteiger partial charge is 0.357 e. The van der Waals surface area contributed by atoms with Crippen molar-refractivity contribution < 1.29 is 0 Å². The van der Waals surface area contributed by atoms with E-state index in [1.165, 1.54) is 5.56 Å². The molecule has 4 nitrogen and oxygen atoms in total. The van der Waals surface area contributed by atoms with Gasteiger partial charge in [0.1, 0.15) is 5.82 Å². The SMILES string of the molecule is CNc1ncc(Br)c(Nc2ccccc2C(C)(C)C)n1. The molecule has 1 aromatic carbocycles. The van der Waals surface area contributed by atoms with Gasteiger partial charge in [0.05, 0.1) is 4.47 Å². The number of aromatic nitrogens is 2. The molecule has 2 aromatic rings. The van der Waals surface area contributed by atoms with E-state index in [-0.39, 0.29) is 5.41 Å². The Morgan fingerprint density at radius 2 is 1.85 bits per heavy atom. The normalized spacial score (nSPS) is 11.2. The first kappa shape index (κ1) is 14.8. The van der Waals surface area contributed by atoms with E-state index in [1.807, 2.05) is 6.07 Å². The van der Waals surface area contributed by atoms with Crippen molar-refractivity contribution in [1.82, 2.24) is 9.97 Å². The molecule has 0 aliphatic rings. The number of hydrogen-bond acceptors (Lipinski definition) is 4. The lowest BCUT2D eigenvalue weighted by Crippen LogP contribution is -2.14. The maximum atomic E-state index is 4.43. The Labute approximate surface area is 128 Å². The third-order valence-electron chi connectivity index (χ3n) is 2.96. The summed E-state index contributed by atoms with van der Waals surface area (Å²) < 4.78 is 0.834. The van der Waals surface area contributed by atoms with Gasteiger partial charge in [-0.1, -0.05) is 39.0 Å². The fraction of sp³-hybridized carbons (Fsp3) is 0.333. The first-order valence-corrected chi connectivity index (χ1v) is 7.28. The maximum absolute atomic E-state index is 4.43. The Balaban J connectivity index is 2.40. The summed E-state index contributed by atoms with van der Waals surface area (Å²) in [6.45, 7) is 6.59. The van der Waals surface area contributed by atoms with Gasteiger partial charge < -0.3 is 10.6 Å². The van der Waals surface area contributed by atoms with Crippen molar-refractivity contribution in [2.45, 2.75) is 26.2 Å². The third kappa shape index (κ3) is 3.28. The molecule has 1 aromatic heterocycles. The van der Waals surface area contributed by atoms with Crippen molar-refractivity contribution >= 4 is 33.4 Å². The first-order valence-electron chi connectivity index (χ1n) is 6.48. The summed E-state index contributed by atoms with van der Waals surface area (Å²) in [5.74, 6) is 1.34. The van der Waals surface area contributed by atoms with Gasteiger partial charge in [0, 0.05) is 18.9 Å². The fourth-order valence-corrected chi connectivity index (χ4v) is 2.24. The number of halogens is 1. The second kappa shape index (κ2) is 5.79. The Morgan fingerprint density at radius 3 is 2.50 bits per heavy atom. The van der Waals surface area contributed by atoms with Crippen LogP contribution < -0.4 is 10.6 Å². The summed E-state index contributed by atoms with van der Waals surface area (Å²) in [6, 6.07) is 8.27. The fourth-order valence-electron chi connectivity index (χ4n) is 1.95. The topological polar surface area (TPSA) is 49.8 Å². The van der Waals surface area contributed by atoms with Gasteiger partial charge in [-0.05, 0) is 33.0 Å². The van der Waals surface area contributed by atoms with Crippen molar-refractivity contribution in [3.63, 3.8) is 0 Å². The zero-order valence-corrected chi connectivity index (χ0v) is 13.7. The minimum atomic E-state index is 0.0644. The van der Waals surface area contributed by atoms with Crippen LogP contribution in [-0.4, -0.2) is 17.0 Å². The number of anilines is 3. The van der Waals surface area contributed by atoms with E-state index in [0.29, 0.717) is 5.95 Å². The molecule has 0 radical (unpaired) electrons. The highest BCUT2D eigenvalue weighted by Crippen LogP contribution is 2.32. The van der Waals surface area contributed by atoms with Gasteiger partial charge in [0.25, 0.3) is 0 Å². The van der Waals surface area contributed by atoms with Crippen LogP contribution in [-0.2, 0) is 5.41 Å². The second-order valence-corrected chi connectivity index (χ2v) is 6.42. The number of rotatable bonds is 3. The molecule has 2 rings (SSSR count). The number of nitrogens with zero attached hydrogens (tertiary/aromatic N) is 2. The highest BCUT2D eigenvalue weighted by atomic mass is 79.9. The molecular weight excluding hydrogens is 316 g/mol. The summed E-state index contributed by atoms with van der Waals surface area (Å²) >= 11 is 3.48. The Hall–Kier alpha value is -1.62. The second-order valence-electron chi connectivity index (χ2n) is 5.56. The molecule has 0 saturated carbocycles. The van der Waals surface area contributed by atoms with E-state index < -0.39 is 0 Å². The van der Waals surface area contributed by atoms with Gasteiger partial charge >= 0.3 is 0 Å². The molecular formula is C15H19BrN4. The molecule has 0 aliphatic heterocycles. The van der Waals surface area contributed by atoms with Crippen LogP contribution in [0.2, 0.25) is 0 Å². The van der Waals surface area contributed by atoms with Gasteiger partial charge in [-0.3, -0.25) is 0 Å². The number of benzene rings is 1. The molecule has 0 amide bonds. The van der Waals surface area contributed by atoms with Crippen LogP contribution in [0.5, 0.6) is 0 Å². The monoisotopic (exact) mass is 334 g/mol. The molecule has 0 unspecified atom stereocenters. The molecule has 0 fully saturated rings. The molecule has 0 atom stereocenters. The molecule has 0 saturated heterocycles. The van der Waals surface area contributed by atoms with Gasteiger partial charge in [0.2, 0.25) is 5.95 Å². The van der Waals surface area contributed by atoms with Crippen molar-refractivity contribution in [2.75, 3.05) is 17.7 Å². The van der Waals surface area contributed by atoms with Gasteiger partial charge in [0.15, 0.2) is 0 Å². The van der Waals surface area contributed by atoms with Crippen LogP contribution in [0.1, 0.15) is 26.3 Å².